The van der Waals surface area contributed by atoms with Gasteiger partial charge >= 0.3 is 12.1 Å². The summed E-state index contributed by atoms with van der Waals surface area (Å²) in [5.41, 5.74) is 1.62. The van der Waals surface area contributed by atoms with Crippen molar-refractivity contribution < 1.29 is 28.7 Å². The van der Waals surface area contributed by atoms with Gasteiger partial charge in [-0.3, -0.25) is 4.79 Å². The molecule has 0 aromatic heterocycles. The van der Waals surface area contributed by atoms with Gasteiger partial charge in [0.25, 0.3) is 0 Å². The number of benzene rings is 2. The monoisotopic (exact) mass is 514 g/mol. The van der Waals surface area contributed by atoms with Crippen molar-refractivity contribution in [2.75, 3.05) is 6.61 Å². The number of carbonyl (C=O) groups is 3. The number of hydrogen-bond donors (Lipinski definition) is 3. The number of carbonyl (C=O) groups excluding carboxylic acids is 2. The van der Waals surface area contributed by atoms with Gasteiger partial charge in [-0.15, -0.1) is 0 Å². The summed E-state index contributed by atoms with van der Waals surface area (Å²) in [6, 6.07) is 16.2. The van der Waals surface area contributed by atoms with Crippen LogP contribution in [0.5, 0.6) is 0 Å². The Bertz CT molecular complexity index is 992. The van der Waals surface area contributed by atoms with Crippen LogP contribution >= 0.6 is 0 Å². The predicted molar refractivity (Wildman–Crippen MR) is 141 cm³/mol. The van der Waals surface area contributed by atoms with E-state index in [2.05, 4.69) is 44.5 Å². The van der Waals surface area contributed by atoms with Gasteiger partial charge in [0, 0.05) is 19.4 Å². The van der Waals surface area contributed by atoms with Gasteiger partial charge in [-0.1, -0.05) is 81.4 Å². The van der Waals surface area contributed by atoms with Crippen molar-refractivity contribution in [3.63, 3.8) is 0 Å². The van der Waals surface area contributed by atoms with E-state index in [9.17, 15) is 19.5 Å². The predicted octanol–water partition coefficient (Wildman–Crippen LogP) is 4.51. The SMILES string of the molecule is CC(C)(C)[Si](C)(C)OCC[C@H](NC(=O)[C@@H](Cc1ccccc1)NC(=O)OCc1ccccc1)C(=O)O. The second-order valence-electron chi connectivity index (χ2n) is 10.2. The summed E-state index contributed by atoms with van der Waals surface area (Å²) in [4.78, 5) is 37.5. The number of hydrogen-bond acceptors (Lipinski definition) is 5. The molecule has 8 nitrogen and oxygen atoms in total. The highest BCUT2D eigenvalue weighted by Crippen LogP contribution is 2.36. The van der Waals surface area contributed by atoms with E-state index in [1.165, 1.54) is 0 Å². The molecule has 0 aliphatic heterocycles. The van der Waals surface area contributed by atoms with Crippen LogP contribution in [0.3, 0.4) is 0 Å². The molecule has 0 fully saturated rings. The number of carboxylic acid groups (broad SMARTS) is 1. The van der Waals surface area contributed by atoms with Crippen LogP contribution in [0.4, 0.5) is 4.79 Å². The van der Waals surface area contributed by atoms with Gasteiger partial charge < -0.3 is 24.9 Å². The average Bonchev–Trinajstić information content (AvgIpc) is 2.82. The lowest BCUT2D eigenvalue weighted by Gasteiger charge is -2.36. The van der Waals surface area contributed by atoms with Crippen LogP contribution < -0.4 is 10.6 Å². The molecule has 196 valence electrons. The Balaban J connectivity index is 2.04. The van der Waals surface area contributed by atoms with E-state index in [0.29, 0.717) is 0 Å². The van der Waals surface area contributed by atoms with Gasteiger partial charge in [0.05, 0.1) is 0 Å². The van der Waals surface area contributed by atoms with Gasteiger partial charge in [-0.25, -0.2) is 9.59 Å². The Hall–Kier alpha value is -3.17. The smallest absolute Gasteiger partial charge is 0.408 e. The molecule has 0 aliphatic carbocycles. The molecule has 2 amide bonds. The third-order valence-electron chi connectivity index (χ3n) is 6.39. The fourth-order valence-electron chi connectivity index (χ4n) is 3.14. The molecule has 2 atom stereocenters. The fourth-order valence-corrected chi connectivity index (χ4v) is 4.21. The van der Waals surface area contributed by atoms with Gasteiger partial charge in [0.15, 0.2) is 8.32 Å². The molecular formula is C27H38N2O6Si. The van der Waals surface area contributed by atoms with E-state index < -0.39 is 38.4 Å². The van der Waals surface area contributed by atoms with Crippen molar-refractivity contribution in [2.24, 2.45) is 0 Å². The summed E-state index contributed by atoms with van der Waals surface area (Å²) in [5, 5.41) is 14.8. The molecular weight excluding hydrogens is 476 g/mol. The summed E-state index contributed by atoms with van der Waals surface area (Å²) in [6.45, 7) is 10.7. The van der Waals surface area contributed by atoms with Crippen molar-refractivity contribution in [3.8, 4) is 0 Å². The molecule has 3 N–H and O–H groups in total. The normalized spacial score (nSPS) is 13.4. The average molecular weight is 515 g/mol. The lowest BCUT2D eigenvalue weighted by atomic mass is 10.0. The zero-order valence-electron chi connectivity index (χ0n) is 21.7. The van der Waals surface area contributed by atoms with E-state index in [1.807, 2.05) is 60.7 Å². The Labute approximate surface area is 214 Å². The van der Waals surface area contributed by atoms with Gasteiger partial charge in [-0.05, 0) is 29.3 Å². The van der Waals surface area contributed by atoms with Crippen molar-refractivity contribution in [1.82, 2.24) is 10.6 Å². The molecule has 36 heavy (non-hydrogen) atoms. The number of nitrogens with one attached hydrogen (secondary N) is 2. The van der Waals surface area contributed by atoms with Gasteiger partial charge in [0.2, 0.25) is 5.91 Å². The first-order valence-electron chi connectivity index (χ1n) is 12.1. The number of alkyl carbamates (subject to hydrolysis) is 1. The topological polar surface area (TPSA) is 114 Å². The number of amides is 2. The maximum Gasteiger partial charge on any atom is 0.408 e. The first-order valence-corrected chi connectivity index (χ1v) is 15.0. The van der Waals surface area contributed by atoms with E-state index in [1.54, 1.807) is 0 Å². The molecule has 0 spiro atoms. The second kappa shape index (κ2) is 13.2. The van der Waals surface area contributed by atoms with Crippen molar-refractivity contribution >= 4 is 26.3 Å². The highest BCUT2D eigenvalue weighted by Gasteiger charge is 2.37. The molecule has 0 heterocycles. The second-order valence-corrected chi connectivity index (χ2v) is 15.1. The molecule has 2 aromatic rings. The standard InChI is InChI=1S/C27H38N2O6Si/c1-27(2,3)36(4,5)35-17-16-22(25(31)32)28-24(30)23(18-20-12-8-6-9-13-20)29-26(33)34-19-21-14-10-7-11-15-21/h6-15,22-23H,16-19H2,1-5H3,(H,28,30)(H,29,33)(H,31,32)/t22-,23+/m0/s1. The zero-order valence-corrected chi connectivity index (χ0v) is 22.7. The van der Waals surface area contributed by atoms with Crippen LogP contribution in [-0.4, -0.2) is 50.1 Å². The molecule has 2 rings (SSSR count). The number of carboxylic acids is 1. The van der Waals surface area contributed by atoms with E-state index >= 15 is 0 Å². The minimum Gasteiger partial charge on any atom is -0.480 e. The quantitative estimate of drug-likeness (QED) is 0.359. The van der Waals surface area contributed by atoms with Crippen molar-refractivity contribution in [2.45, 2.75) is 70.4 Å². The molecule has 0 bridgehead atoms. The van der Waals surface area contributed by atoms with Crippen LogP contribution in [0, 0.1) is 0 Å². The maximum absolute atomic E-state index is 13.1. The van der Waals surface area contributed by atoms with Crippen LogP contribution in [0.2, 0.25) is 18.1 Å². The largest absolute Gasteiger partial charge is 0.480 e. The van der Waals surface area contributed by atoms with Gasteiger partial charge in [-0.2, -0.15) is 0 Å². The summed E-state index contributed by atoms with van der Waals surface area (Å²) >= 11 is 0. The minimum absolute atomic E-state index is 0.0141. The summed E-state index contributed by atoms with van der Waals surface area (Å²) in [7, 11) is -2.06. The van der Waals surface area contributed by atoms with Crippen LogP contribution in [0.25, 0.3) is 0 Å². The number of ether oxygens (including phenoxy) is 1. The first kappa shape index (κ1) is 29.1. The molecule has 9 heteroatoms. The number of aliphatic carboxylic acids is 1. The molecule has 0 saturated carbocycles. The lowest BCUT2D eigenvalue weighted by molar-refractivity contribution is -0.142. The molecule has 0 saturated heterocycles. The molecule has 0 aliphatic rings. The van der Waals surface area contributed by atoms with E-state index in [0.717, 1.165) is 11.1 Å². The molecule has 0 radical (unpaired) electrons. The highest BCUT2D eigenvalue weighted by atomic mass is 28.4. The summed E-state index contributed by atoms with van der Waals surface area (Å²) < 4.78 is 11.4. The summed E-state index contributed by atoms with van der Waals surface area (Å²) in [6.07, 6.45) is -0.465. The third-order valence-corrected chi connectivity index (χ3v) is 10.9. The Kier molecular flexibility index (Phi) is 10.7. The van der Waals surface area contributed by atoms with E-state index in [4.69, 9.17) is 9.16 Å². The van der Waals surface area contributed by atoms with Crippen molar-refractivity contribution in [1.29, 1.82) is 0 Å². The Morgan fingerprint density at radius 2 is 1.44 bits per heavy atom. The third kappa shape index (κ3) is 9.47. The maximum atomic E-state index is 13.1. The van der Waals surface area contributed by atoms with Crippen LogP contribution in [-0.2, 0) is 31.8 Å². The zero-order chi connectivity index (χ0) is 26.8. The summed E-state index contributed by atoms with van der Waals surface area (Å²) in [5.74, 6) is -1.76. The van der Waals surface area contributed by atoms with E-state index in [-0.39, 0.29) is 31.1 Å². The Morgan fingerprint density at radius 3 is 1.97 bits per heavy atom. The Morgan fingerprint density at radius 1 is 0.889 bits per heavy atom. The fraction of sp³-hybridized carbons (Fsp3) is 0.444. The molecule has 0 unspecified atom stereocenters. The van der Waals surface area contributed by atoms with Crippen LogP contribution in [0.15, 0.2) is 60.7 Å². The minimum atomic E-state index is -2.06. The van der Waals surface area contributed by atoms with Crippen LogP contribution in [0.1, 0.15) is 38.3 Å². The van der Waals surface area contributed by atoms with Gasteiger partial charge in [0.1, 0.15) is 18.7 Å². The highest BCUT2D eigenvalue weighted by molar-refractivity contribution is 6.74. The molecule has 2 aromatic carbocycles. The number of rotatable bonds is 12. The lowest BCUT2D eigenvalue weighted by Crippen LogP contribution is -2.53. The van der Waals surface area contributed by atoms with Crippen molar-refractivity contribution in [3.05, 3.63) is 71.8 Å². The first-order chi connectivity index (χ1) is 16.9.